The Morgan fingerprint density at radius 1 is 1.20 bits per heavy atom. The molecule has 1 heterocycles. The van der Waals surface area contributed by atoms with Crippen LogP contribution in [0.3, 0.4) is 0 Å². The van der Waals surface area contributed by atoms with Crippen LogP contribution in [-0.4, -0.2) is 26.0 Å². The molecule has 0 unspecified atom stereocenters. The van der Waals surface area contributed by atoms with Crippen LogP contribution >= 0.6 is 7.60 Å². The second-order valence-corrected chi connectivity index (χ2v) is 6.91. The predicted octanol–water partition coefficient (Wildman–Crippen LogP) is 2.35. The van der Waals surface area contributed by atoms with Crippen LogP contribution in [-0.2, 0) is 13.6 Å². The Labute approximate surface area is 91.3 Å². The quantitative estimate of drug-likeness (QED) is 0.760. The first kappa shape index (κ1) is 11.6. The van der Waals surface area contributed by atoms with Crippen LogP contribution in [0.5, 0.6) is 0 Å². The first-order valence-corrected chi connectivity index (χ1v) is 7.28. The second-order valence-electron chi connectivity index (χ2n) is 4.47. The minimum Gasteiger partial charge on any atom is -0.311 e. The van der Waals surface area contributed by atoms with Crippen molar-refractivity contribution in [2.45, 2.75) is 43.9 Å². The third-order valence-corrected chi connectivity index (χ3v) is 5.87. The molecule has 1 saturated heterocycles. The van der Waals surface area contributed by atoms with Crippen LogP contribution in [0.1, 0.15) is 32.1 Å². The SMILES string of the molecule is COP(=O)(OC)[C@H]1C[C@@H]2CCCC[C@@H]2N1. The number of hydrogen-bond acceptors (Lipinski definition) is 4. The molecule has 1 aliphatic carbocycles. The Balaban J connectivity index is 2.04. The third-order valence-electron chi connectivity index (χ3n) is 3.73. The topological polar surface area (TPSA) is 47.6 Å². The van der Waals surface area contributed by atoms with E-state index in [0.717, 1.165) is 6.42 Å². The highest BCUT2D eigenvalue weighted by Gasteiger charge is 2.44. The Bertz CT molecular complexity index is 249. The van der Waals surface area contributed by atoms with E-state index in [-0.39, 0.29) is 5.78 Å². The maximum Gasteiger partial charge on any atom is 0.346 e. The van der Waals surface area contributed by atoms with Crippen LogP contribution in [0.25, 0.3) is 0 Å². The van der Waals surface area contributed by atoms with E-state index in [1.54, 1.807) is 0 Å². The number of fused-ring (bicyclic) bond motifs is 1. The van der Waals surface area contributed by atoms with E-state index in [9.17, 15) is 4.57 Å². The van der Waals surface area contributed by atoms with Gasteiger partial charge in [-0.05, 0) is 25.2 Å². The summed E-state index contributed by atoms with van der Waals surface area (Å²) in [5.41, 5.74) is 0. The number of rotatable bonds is 3. The molecular weight excluding hydrogens is 213 g/mol. The molecule has 15 heavy (non-hydrogen) atoms. The van der Waals surface area contributed by atoms with Crippen LogP contribution in [0, 0.1) is 5.92 Å². The molecule has 0 bridgehead atoms. The van der Waals surface area contributed by atoms with E-state index in [0.29, 0.717) is 12.0 Å². The van der Waals surface area contributed by atoms with E-state index in [2.05, 4.69) is 5.32 Å². The Morgan fingerprint density at radius 2 is 1.87 bits per heavy atom. The number of hydrogen-bond donors (Lipinski definition) is 1. The van der Waals surface area contributed by atoms with Crippen LogP contribution in [0.15, 0.2) is 0 Å². The Morgan fingerprint density at radius 3 is 2.47 bits per heavy atom. The fourth-order valence-corrected chi connectivity index (χ4v) is 4.42. The van der Waals surface area contributed by atoms with Crippen LogP contribution < -0.4 is 5.32 Å². The van der Waals surface area contributed by atoms with Crippen molar-refractivity contribution in [2.24, 2.45) is 5.92 Å². The average Bonchev–Trinajstić information content (AvgIpc) is 2.72. The van der Waals surface area contributed by atoms with E-state index in [4.69, 9.17) is 9.05 Å². The lowest BCUT2D eigenvalue weighted by atomic mass is 9.86. The van der Waals surface area contributed by atoms with Crippen LogP contribution in [0.4, 0.5) is 0 Å². The van der Waals surface area contributed by atoms with Gasteiger partial charge in [-0.15, -0.1) is 0 Å². The van der Waals surface area contributed by atoms with Gasteiger partial charge in [0.2, 0.25) is 0 Å². The minimum absolute atomic E-state index is 0.0967. The predicted molar refractivity (Wildman–Crippen MR) is 58.9 cm³/mol. The van der Waals surface area contributed by atoms with Crippen molar-refractivity contribution in [3.63, 3.8) is 0 Å². The summed E-state index contributed by atoms with van der Waals surface area (Å²) in [6, 6.07) is 0.530. The fraction of sp³-hybridized carbons (Fsp3) is 1.00. The summed E-state index contributed by atoms with van der Waals surface area (Å²) in [6.45, 7) is 0. The maximum absolute atomic E-state index is 12.2. The summed E-state index contributed by atoms with van der Waals surface area (Å²) in [4.78, 5) is 0. The zero-order valence-corrected chi connectivity index (χ0v) is 10.3. The van der Waals surface area contributed by atoms with Gasteiger partial charge in [-0.1, -0.05) is 12.8 Å². The fourth-order valence-electron chi connectivity index (χ4n) is 2.86. The lowest BCUT2D eigenvalue weighted by Gasteiger charge is -2.24. The molecule has 0 spiro atoms. The Hall–Kier alpha value is 0.110. The van der Waals surface area contributed by atoms with E-state index in [1.165, 1.54) is 39.9 Å². The molecule has 1 saturated carbocycles. The van der Waals surface area contributed by atoms with Gasteiger partial charge in [-0.3, -0.25) is 4.57 Å². The first-order valence-electron chi connectivity index (χ1n) is 5.67. The van der Waals surface area contributed by atoms with Crippen LogP contribution in [0.2, 0.25) is 0 Å². The lowest BCUT2D eigenvalue weighted by Crippen LogP contribution is -2.33. The zero-order chi connectivity index (χ0) is 10.9. The number of nitrogens with one attached hydrogen (secondary N) is 1. The molecule has 5 heteroatoms. The smallest absolute Gasteiger partial charge is 0.311 e. The monoisotopic (exact) mass is 233 g/mol. The van der Waals surface area contributed by atoms with Gasteiger partial charge in [0.1, 0.15) is 5.78 Å². The summed E-state index contributed by atoms with van der Waals surface area (Å²) in [7, 11) is 0.0192. The summed E-state index contributed by atoms with van der Waals surface area (Å²) in [5, 5.41) is 3.42. The molecule has 1 N–H and O–H groups in total. The highest BCUT2D eigenvalue weighted by Crippen LogP contribution is 2.55. The summed E-state index contributed by atoms with van der Waals surface area (Å²) in [6.07, 6.45) is 5.98. The maximum atomic E-state index is 12.2. The molecule has 4 nitrogen and oxygen atoms in total. The van der Waals surface area contributed by atoms with Gasteiger partial charge in [0.25, 0.3) is 0 Å². The van der Waals surface area contributed by atoms with Crippen molar-refractivity contribution in [1.82, 2.24) is 5.32 Å². The molecule has 2 rings (SSSR count). The zero-order valence-electron chi connectivity index (χ0n) is 9.44. The largest absolute Gasteiger partial charge is 0.346 e. The average molecular weight is 233 g/mol. The molecule has 0 aromatic heterocycles. The third kappa shape index (κ3) is 2.14. The van der Waals surface area contributed by atoms with Gasteiger partial charge in [0, 0.05) is 20.3 Å². The van der Waals surface area contributed by atoms with E-state index >= 15 is 0 Å². The van der Waals surface area contributed by atoms with Gasteiger partial charge in [-0.25, -0.2) is 0 Å². The first-order chi connectivity index (χ1) is 7.19. The van der Waals surface area contributed by atoms with Gasteiger partial charge in [0.15, 0.2) is 0 Å². The minimum atomic E-state index is -2.91. The van der Waals surface area contributed by atoms with Gasteiger partial charge >= 0.3 is 7.60 Å². The van der Waals surface area contributed by atoms with E-state index < -0.39 is 7.60 Å². The van der Waals surface area contributed by atoms with Crippen molar-refractivity contribution in [3.05, 3.63) is 0 Å². The summed E-state index contributed by atoms with van der Waals surface area (Å²) >= 11 is 0. The summed E-state index contributed by atoms with van der Waals surface area (Å²) < 4.78 is 22.3. The van der Waals surface area contributed by atoms with E-state index in [1.807, 2.05) is 0 Å². The normalized spacial score (nSPS) is 36.5. The van der Waals surface area contributed by atoms with Crippen molar-refractivity contribution in [1.29, 1.82) is 0 Å². The molecule has 1 aliphatic heterocycles. The molecule has 3 atom stereocenters. The van der Waals surface area contributed by atoms with Crippen molar-refractivity contribution >= 4 is 7.60 Å². The molecule has 0 amide bonds. The molecule has 2 aliphatic rings. The molecule has 0 aromatic rings. The summed E-state index contributed by atoms with van der Waals surface area (Å²) in [5.74, 6) is 0.572. The van der Waals surface area contributed by atoms with Crippen molar-refractivity contribution in [3.8, 4) is 0 Å². The highest BCUT2D eigenvalue weighted by molar-refractivity contribution is 7.54. The molecular formula is C10H20NO3P. The highest BCUT2D eigenvalue weighted by atomic mass is 31.2. The standard InChI is InChI=1S/C10H20NO3P/c1-13-15(12,14-2)10-7-8-5-3-4-6-9(8)11-10/h8-11H,3-7H2,1-2H3/t8-,9-,10-/m0/s1. The molecule has 2 fully saturated rings. The molecule has 0 aromatic carbocycles. The van der Waals surface area contributed by atoms with Crippen molar-refractivity contribution < 1.29 is 13.6 Å². The van der Waals surface area contributed by atoms with Gasteiger partial charge in [0.05, 0.1) is 0 Å². The Kier molecular flexibility index (Phi) is 3.51. The molecule has 0 radical (unpaired) electrons. The van der Waals surface area contributed by atoms with Crippen molar-refractivity contribution in [2.75, 3.05) is 14.2 Å². The lowest BCUT2D eigenvalue weighted by molar-refractivity contribution is 0.261. The second kappa shape index (κ2) is 4.54. The molecule has 88 valence electrons. The van der Waals surface area contributed by atoms with Gasteiger partial charge in [-0.2, -0.15) is 0 Å². The van der Waals surface area contributed by atoms with Gasteiger partial charge < -0.3 is 14.4 Å².